The summed E-state index contributed by atoms with van der Waals surface area (Å²) in [7, 11) is 3.23. The quantitative estimate of drug-likeness (QED) is 0.793. The predicted octanol–water partition coefficient (Wildman–Crippen LogP) is 3.45. The van der Waals surface area contributed by atoms with E-state index in [0.29, 0.717) is 30.2 Å². The van der Waals surface area contributed by atoms with Gasteiger partial charge in [0.15, 0.2) is 11.5 Å². The molecule has 2 aromatic rings. The molecule has 150 valence electrons. The minimum Gasteiger partial charge on any atom is -0.493 e. The average molecular weight is 383 g/mol. The van der Waals surface area contributed by atoms with Gasteiger partial charge in [0.1, 0.15) is 5.69 Å². The molecular formula is C22H29N3O3. The standard InChI is InChI=1S/C22H29N3O3/c1-27-20-10-7-17(15-21(20)28-2)11-12-23-22(26)19-9-8-18(16-24-19)25-13-5-3-4-6-14-25/h7-10,15-16H,3-6,11-14H2,1-2H3,(H,23,26). The molecule has 2 heterocycles. The Labute approximate surface area is 166 Å². The fraction of sp³-hybridized carbons (Fsp3) is 0.455. The first-order valence-corrected chi connectivity index (χ1v) is 9.91. The molecule has 0 spiro atoms. The first-order chi connectivity index (χ1) is 13.7. The van der Waals surface area contributed by atoms with E-state index in [1.54, 1.807) is 14.2 Å². The molecule has 0 atom stereocenters. The van der Waals surface area contributed by atoms with Gasteiger partial charge in [-0.1, -0.05) is 18.9 Å². The Morgan fingerprint density at radius 3 is 2.43 bits per heavy atom. The second kappa shape index (κ2) is 9.97. The highest BCUT2D eigenvalue weighted by atomic mass is 16.5. The van der Waals surface area contributed by atoms with Crippen LogP contribution in [-0.2, 0) is 6.42 Å². The summed E-state index contributed by atoms with van der Waals surface area (Å²) in [6.07, 6.45) is 7.55. The van der Waals surface area contributed by atoms with E-state index in [-0.39, 0.29) is 5.91 Å². The van der Waals surface area contributed by atoms with Crippen molar-refractivity contribution in [3.8, 4) is 11.5 Å². The Kier molecular flexibility index (Phi) is 7.12. The van der Waals surface area contributed by atoms with Gasteiger partial charge < -0.3 is 19.7 Å². The molecule has 1 aliphatic rings. The molecule has 6 nitrogen and oxygen atoms in total. The lowest BCUT2D eigenvalue weighted by Crippen LogP contribution is -2.27. The van der Waals surface area contributed by atoms with Gasteiger partial charge in [0.05, 0.1) is 26.1 Å². The Bertz CT molecular complexity index is 769. The third-order valence-electron chi connectivity index (χ3n) is 5.10. The summed E-state index contributed by atoms with van der Waals surface area (Å²) in [5, 5.41) is 2.94. The number of anilines is 1. The van der Waals surface area contributed by atoms with Gasteiger partial charge in [-0.25, -0.2) is 4.98 Å². The van der Waals surface area contributed by atoms with Crippen molar-refractivity contribution in [2.45, 2.75) is 32.1 Å². The molecule has 0 aliphatic carbocycles. The van der Waals surface area contributed by atoms with Crippen LogP contribution in [0.5, 0.6) is 11.5 Å². The molecule has 1 fully saturated rings. The number of pyridine rings is 1. The fourth-order valence-corrected chi connectivity index (χ4v) is 3.48. The van der Waals surface area contributed by atoms with Gasteiger partial charge in [0.25, 0.3) is 5.91 Å². The van der Waals surface area contributed by atoms with Crippen molar-refractivity contribution in [3.63, 3.8) is 0 Å². The number of benzene rings is 1. The molecule has 0 saturated carbocycles. The summed E-state index contributed by atoms with van der Waals surface area (Å²) in [4.78, 5) is 19.1. The molecule has 1 aliphatic heterocycles. The van der Waals surface area contributed by atoms with E-state index >= 15 is 0 Å². The maximum Gasteiger partial charge on any atom is 0.269 e. The number of carbonyl (C=O) groups is 1. The van der Waals surface area contributed by atoms with E-state index in [9.17, 15) is 4.79 Å². The van der Waals surface area contributed by atoms with Crippen molar-refractivity contribution in [1.29, 1.82) is 0 Å². The van der Waals surface area contributed by atoms with Gasteiger partial charge in [-0.15, -0.1) is 0 Å². The van der Waals surface area contributed by atoms with Gasteiger partial charge in [0, 0.05) is 19.6 Å². The smallest absolute Gasteiger partial charge is 0.269 e. The molecule has 1 amide bonds. The number of rotatable bonds is 7. The lowest BCUT2D eigenvalue weighted by Gasteiger charge is -2.22. The monoisotopic (exact) mass is 383 g/mol. The minimum atomic E-state index is -0.150. The van der Waals surface area contributed by atoms with Crippen molar-refractivity contribution in [2.75, 3.05) is 38.8 Å². The molecule has 1 aromatic heterocycles. The van der Waals surface area contributed by atoms with Gasteiger partial charge >= 0.3 is 0 Å². The predicted molar refractivity (Wildman–Crippen MR) is 111 cm³/mol. The first-order valence-electron chi connectivity index (χ1n) is 9.91. The van der Waals surface area contributed by atoms with Crippen molar-refractivity contribution < 1.29 is 14.3 Å². The minimum absolute atomic E-state index is 0.150. The van der Waals surface area contributed by atoms with Gasteiger partial charge in [-0.2, -0.15) is 0 Å². The highest BCUT2D eigenvalue weighted by molar-refractivity contribution is 5.92. The largest absolute Gasteiger partial charge is 0.493 e. The second-order valence-corrected chi connectivity index (χ2v) is 7.00. The molecule has 0 unspecified atom stereocenters. The molecule has 28 heavy (non-hydrogen) atoms. The van der Waals surface area contributed by atoms with Crippen molar-refractivity contribution >= 4 is 11.6 Å². The summed E-state index contributed by atoms with van der Waals surface area (Å²) in [5.74, 6) is 1.24. The maximum absolute atomic E-state index is 12.4. The van der Waals surface area contributed by atoms with Crippen LogP contribution in [0.15, 0.2) is 36.5 Å². The van der Waals surface area contributed by atoms with Crippen LogP contribution in [-0.4, -0.2) is 44.7 Å². The van der Waals surface area contributed by atoms with Gasteiger partial charge in [-0.3, -0.25) is 4.79 Å². The molecular weight excluding hydrogens is 354 g/mol. The van der Waals surface area contributed by atoms with E-state index < -0.39 is 0 Å². The lowest BCUT2D eigenvalue weighted by molar-refractivity contribution is 0.0949. The molecule has 1 aromatic carbocycles. The summed E-state index contributed by atoms with van der Waals surface area (Å²) in [6, 6.07) is 9.59. The Morgan fingerprint density at radius 2 is 1.79 bits per heavy atom. The van der Waals surface area contributed by atoms with E-state index in [4.69, 9.17) is 9.47 Å². The topological polar surface area (TPSA) is 63.7 Å². The average Bonchev–Trinajstić information content (AvgIpc) is 3.03. The Balaban J connectivity index is 1.52. The molecule has 6 heteroatoms. The lowest BCUT2D eigenvalue weighted by atomic mass is 10.1. The number of nitrogens with one attached hydrogen (secondary N) is 1. The molecule has 3 rings (SSSR count). The first kappa shape index (κ1) is 20.0. The Morgan fingerprint density at radius 1 is 1.04 bits per heavy atom. The van der Waals surface area contributed by atoms with E-state index in [0.717, 1.165) is 24.3 Å². The summed E-state index contributed by atoms with van der Waals surface area (Å²) in [6.45, 7) is 2.67. The zero-order valence-electron chi connectivity index (χ0n) is 16.7. The zero-order valence-corrected chi connectivity index (χ0v) is 16.7. The number of nitrogens with zero attached hydrogens (tertiary/aromatic N) is 2. The number of methoxy groups -OCH3 is 2. The number of amides is 1. The van der Waals surface area contributed by atoms with Crippen LogP contribution in [0.1, 0.15) is 41.7 Å². The van der Waals surface area contributed by atoms with Gasteiger partial charge in [0.2, 0.25) is 0 Å². The maximum atomic E-state index is 12.4. The highest BCUT2D eigenvalue weighted by Crippen LogP contribution is 2.27. The summed E-state index contributed by atoms with van der Waals surface area (Å²) in [5.41, 5.74) is 2.62. The van der Waals surface area contributed by atoms with E-state index in [2.05, 4.69) is 15.2 Å². The number of hydrogen-bond donors (Lipinski definition) is 1. The normalized spacial score (nSPS) is 14.3. The van der Waals surface area contributed by atoms with Crippen molar-refractivity contribution in [1.82, 2.24) is 10.3 Å². The third kappa shape index (κ3) is 5.15. The van der Waals surface area contributed by atoms with Crippen LogP contribution in [0.3, 0.4) is 0 Å². The summed E-state index contributed by atoms with van der Waals surface area (Å²) < 4.78 is 10.6. The van der Waals surface area contributed by atoms with Gasteiger partial charge in [-0.05, 0) is 49.1 Å². The number of ether oxygens (including phenoxy) is 2. The van der Waals surface area contributed by atoms with Crippen LogP contribution in [0.2, 0.25) is 0 Å². The molecule has 0 bridgehead atoms. The summed E-state index contributed by atoms with van der Waals surface area (Å²) >= 11 is 0. The molecule has 0 radical (unpaired) electrons. The second-order valence-electron chi connectivity index (χ2n) is 7.00. The third-order valence-corrected chi connectivity index (χ3v) is 5.10. The highest BCUT2D eigenvalue weighted by Gasteiger charge is 2.12. The van der Waals surface area contributed by atoms with Crippen LogP contribution >= 0.6 is 0 Å². The fourth-order valence-electron chi connectivity index (χ4n) is 3.48. The van der Waals surface area contributed by atoms with Crippen molar-refractivity contribution in [3.05, 3.63) is 47.8 Å². The van der Waals surface area contributed by atoms with Crippen molar-refractivity contribution in [2.24, 2.45) is 0 Å². The number of aromatic nitrogens is 1. The molecule has 1 saturated heterocycles. The molecule has 1 N–H and O–H groups in total. The van der Waals surface area contributed by atoms with Crippen LogP contribution in [0, 0.1) is 0 Å². The Hall–Kier alpha value is -2.76. The zero-order chi connectivity index (χ0) is 19.8. The van der Waals surface area contributed by atoms with E-state index in [1.807, 2.05) is 36.5 Å². The number of carbonyl (C=O) groups excluding carboxylic acids is 1. The van der Waals surface area contributed by atoms with E-state index in [1.165, 1.54) is 25.7 Å². The van der Waals surface area contributed by atoms with Crippen LogP contribution in [0.25, 0.3) is 0 Å². The SMILES string of the molecule is COc1ccc(CCNC(=O)c2ccc(N3CCCCCC3)cn2)cc1OC. The van der Waals surface area contributed by atoms with Crippen LogP contribution in [0.4, 0.5) is 5.69 Å². The number of hydrogen-bond acceptors (Lipinski definition) is 5. The van der Waals surface area contributed by atoms with Crippen LogP contribution < -0.4 is 19.7 Å².